The Morgan fingerprint density at radius 2 is 1.88 bits per heavy atom. The molecule has 1 saturated heterocycles. The number of nitrogens with zero attached hydrogens (tertiary/aromatic N) is 2. The van der Waals surface area contributed by atoms with Crippen molar-refractivity contribution in [1.82, 2.24) is 15.1 Å². The van der Waals surface area contributed by atoms with Gasteiger partial charge in [0.15, 0.2) is 0 Å². The molecule has 0 radical (unpaired) electrons. The minimum atomic E-state index is 0.127. The van der Waals surface area contributed by atoms with Gasteiger partial charge in [-0.1, -0.05) is 25.1 Å². The summed E-state index contributed by atoms with van der Waals surface area (Å²) in [6.07, 6.45) is 6.14. The lowest BCUT2D eigenvalue weighted by Gasteiger charge is -2.48. The molecule has 1 N–H and O–H groups in total. The molecule has 0 amide bonds. The van der Waals surface area contributed by atoms with E-state index in [1.807, 2.05) is 0 Å². The summed E-state index contributed by atoms with van der Waals surface area (Å²) in [4.78, 5) is 5.17. The number of likely N-dealkylation sites (N-methyl/N-ethyl adjacent to an activating group) is 1. The predicted molar refractivity (Wildman–Crippen MR) is 102 cm³/mol. The van der Waals surface area contributed by atoms with Crippen molar-refractivity contribution in [2.45, 2.75) is 50.7 Å². The van der Waals surface area contributed by atoms with E-state index in [4.69, 9.17) is 4.74 Å². The largest absolute Gasteiger partial charge is 0.487 e. The van der Waals surface area contributed by atoms with Crippen molar-refractivity contribution in [3.63, 3.8) is 0 Å². The Morgan fingerprint density at radius 1 is 1.12 bits per heavy atom. The molecular formula is C21H33N3O. The number of piperazine rings is 1. The second kappa shape index (κ2) is 7.65. The van der Waals surface area contributed by atoms with E-state index in [1.165, 1.54) is 70.5 Å². The molecule has 2 heterocycles. The zero-order valence-electron chi connectivity index (χ0n) is 15.7. The molecule has 1 aromatic rings. The van der Waals surface area contributed by atoms with Crippen LogP contribution in [-0.4, -0.2) is 61.2 Å². The highest BCUT2D eigenvalue weighted by atomic mass is 16.5. The van der Waals surface area contributed by atoms with Gasteiger partial charge in [-0.3, -0.25) is 0 Å². The van der Waals surface area contributed by atoms with Crippen LogP contribution in [0.4, 0.5) is 0 Å². The summed E-state index contributed by atoms with van der Waals surface area (Å²) in [7, 11) is 0. The number of benzene rings is 1. The molecule has 25 heavy (non-hydrogen) atoms. The standard InChI is InChI=1S/C21H33N3O/c1-2-23-13-15-24(16-14-23)12-6-11-22-19-17-21(9-5-10-21)25-20-8-4-3-7-18(19)20/h3-4,7-8,19,22H,2,5-6,9-17H2,1H3/t19-/m0/s1. The number of hydrogen-bond acceptors (Lipinski definition) is 4. The van der Waals surface area contributed by atoms with Crippen LogP contribution in [0.3, 0.4) is 0 Å². The van der Waals surface area contributed by atoms with Crippen molar-refractivity contribution in [3.05, 3.63) is 29.8 Å². The maximum atomic E-state index is 6.35. The third kappa shape index (κ3) is 3.86. The summed E-state index contributed by atoms with van der Waals surface area (Å²) in [5, 5.41) is 3.84. The summed E-state index contributed by atoms with van der Waals surface area (Å²) in [6, 6.07) is 9.09. The fourth-order valence-electron chi connectivity index (χ4n) is 4.59. The first-order valence-corrected chi connectivity index (χ1v) is 10.2. The molecule has 0 aromatic heterocycles. The van der Waals surface area contributed by atoms with E-state index < -0.39 is 0 Å². The van der Waals surface area contributed by atoms with E-state index in [2.05, 4.69) is 46.3 Å². The molecule has 4 heteroatoms. The first-order chi connectivity index (χ1) is 12.3. The molecule has 2 fully saturated rings. The van der Waals surface area contributed by atoms with E-state index in [0.29, 0.717) is 6.04 Å². The van der Waals surface area contributed by atoms with E-state index in [-0.39, 0.29) is 5.60 Å². The fraction of sp³-hybridized carbons (Fsp3) is 0.714. The van der Waals surface area contributed by atoms with Crippen LogP contribution in [0.15, 0.2) is 24.3 Å². The van der Waals surface area contributed by atoms with Crippen molar-refractivity contribution < 1.29 is 4.74 Å². The maximum absolute atomic E-state index is 6.35. The third-order valence-electron chi connectivity index (χ3n) is 6.42. The Balaban J connectivity index is 1.26. The van der Waals surface area contributed by atoms with Crippen molar-refractivity contribution in [3.8, 4) is 5.75 Å². The SMILES string of the molecule is CCN1CCN(CCCN[C@H]2CC3(CCC3)Oc3ccccc32)CC1. The van der Waals surface area contributed by atoms with Crippen LogP contribution in [0.2, 0.25) is 0 Å². The number of fused-ring (bicyclic) bond motifs is 1. The van der Waals surface area contributed by atoms with Gasteiger partial charge in [0.1, 0.15) is 11.4 Å². The molecular weight excluding hydrogens is 310 g/mol. The Morgan fingerprint density at radius 3 is 2.60 bits per heavy atom. The molecule has 2 aliphatic heterocycles. The zero-order valence-corrected chi connectivity index (χ0v) is 15.7. The van der Waals surface area contributed by atoms with E-state index >= 15 is 0 Å². The molecule has 1 aliphatic carbocycles. The molecule has 0 unspecified atom stereocenters. The molecule has 138 valence electrons. The lowest BCUT2D eigenvalue weighted by Crippen LogP contribution is -2.49. The van der Waals surface area contributed by atoms with Crippen molar-refractivity contribution in [2.24, 2.45) is 0 Å². The smallest absolute Gasteiger partial charge is 0.124 e. The van der Waals surface area contributed by atoms with E-state index in [0.717, 1.165) is 18.7 Å². The average molecular weight is 344 g/mol. The Hall–Kier alpha value is -1.10. The molecule has 3 aliphatic rings. The van der Waals surface area contributed by atoms with Crippen LogP contribution in [0.1, 0.15) is 50.6 Å². The van der Waals surface area contributed by atoms with E-state index in [1.54, 1.807) is 0 Å². The second-order valence-electron chi connectivity index (χ2n) is 8.02. The zero-order chi connectivity index (χ0) is 17.1. The van der Waals surface area contributed by atoms with Crippen LogP contribution >= 0.6 is 0 Å². The average Bonchev–Trinajstić information content (AvgIpc) is 2.64. The van der Waals surface area contributed by atoms with Crippen LogP contribution < -0.4 is 10.1 Å². The topological polar surface area (TPSA) is 27.7 Å². The van der Waals surface area contributed by atoms with Crippen LogP contribution in [0, 0.1) is 0 Å². The van der Waals surface area contributed by atoms with Gasteiger partial charge in [-0.25, -0.2) is 0 Å². The highest BCUT2D eigenvalue weighted by molar-refractivity contribution is 5.39. The van der Waals surface area contributed by atoms with Crippen LogP contribution in [-0.2, 0) is 0 Å². The van der Waals surface area contributed by atoms with E-state index in [9.17, 15) is 0 Å². The molecule has 4 nitrogen and oxygen atoms in total. The summed E-state index contributed by atoms with van der Waals surface area (Å²) in [5.74, 6) is 1.11. The van der Waals surface area contributed by atoms with Gasteiger partial charge in [0, 0.05) is 44.2 Å². The summed E-state index contributed by atoms with van der Waals surface area (Å²) in [6.45, 7) is 10.7. The number of hydrogen-bond donors (Lipinski definition) is 1. The molecule has 1 spiro atoms. The second-order valence-corrected chi connectivity index (χ2v) is 8.02. The van der Waals surface area contributed by atoms with Crippen molar-refractivity contribution >= 4 is 0 Å². The molecule has 4 rings (SSSR count). The van der Waals surface area contributed by atoms with Gasteiger partial charge in [-0.15, -0.1) is 0 Å². The first-order valence-electron chi connectivity index (χ1n) is 10.2. The highest BCUT2D eigenvalue weighted by Gasteiger charge is 2.45. The van der Waals surface area contributed by atoms with Gasteiger partial charge >= 0.3 is 0 Å². The van der Waals surface area contributed by atoms with Gasteiger partial charge in [0.05, 0.1) is 0 Å². The molecule has 1 saturated carbocycles. The minimum Gasteiger partial charge on any atom is -0.487 e. The monoisotopic (exact) mass is 343 g/mol. The van der Waals surface area contributed by atoms with Gasteiger partial charge in [-0.05, 0) is 51.4 Å². The quantitative estimate of drug-likeness (QED) is 0.804. The number of nitrogens with one attached hydrogen (secondary N) is 1. The maximum Gasteiger partial charge on any atom is 0.124 e. The highest BCUT2D eigenvalue weighted by Crippen LogP contribution is 2.48. The molecule has 1 aromatic carbocycles. The summed E-state index contributed by atoms with van der Waals surface area (Å²) in [5.41, 5.74) is 1.49. The normalized spacial score (nSPS) is 26.0. The van der Waals surface area contributed by atoms with Crippen molar-refractivity contribution in [2.75, 3.05) is 45.8 Å². The van der Waals surface area contributed by atoms with Gasteiger partial charge in [0.25, 0.3) is 0 Å². The Labute approximate surface area is 152 Å². The van der Waals surface area contributed by atoms with Gasteiger partial charge in [-0.2, -0.15) is 0 Å². The summed E-state index contributed by atoms with van der Waals surface area (Å²) < 4.78 is 6.35. The first kappa shape index (κ1) is 17.3. The van der Waals surface area contributed by atoms with Gasteiger partial charge < -0.3 is 19.9 Å². The predicted octanol–water partition coefficient (Wildman–Crippen LogP) is 3.05. The minimum absolute atomic E-state index is 0.127. The third-order valence-corrected chi connectivity index (χ3v) is 6.42. The lowest BCUT2D eigenvalue weighted by molar-refractivity contribution is -0.0369. The number of para-hydroxylation sites is 1. The van der Waals surface area contributed by atoms with Crippen molar-refractivity contribution in [1.29, 1.82) is 0 Å². The number of ether oxygens (including phenoxy) is 1. The van der Waals surface area contributed by atoms with Crippen LogP contribution in [0.5, 0.6) is 5.75 Å². The molecule has 1 atom stereocenters. The van der Waals surface area contributed by atoms with Crippen LogP contribution in [0.25, 0.3) is 0 Å². The lowest BCUT2D eigenvalue weighted by atomic mass is 9.73. The molecule has 0 bridgehead atoms. The Bertz CT molecular complexity index is 564. The Kier molecular flexibility index (Phi) is 5.30. The van der Waals surface area contributed by atoms with Gasteiger partial charge in [0.2, 0.25) is 0 Å². The fourth-order valence-corrected chi connectivity index (χ4v) is 4.59. The number of rotatable bonds is 6. The summed E-state index contributed by atoms with van der Waals surface area (Å²) >= 11 is 0.